The van der Waals surface area contributed by atoms with E-state index in [1.165, 1.54) is 0 Å². The lowest BCUT2D eigenvalue weighted by molar-refractivity contribution is 0.0740. The summed E-state index contributed by atoms with van der Waals surface area (Å²) >= 11 is 0. The number of aryl methyl sites for hydroxylation is 1. The van der Waals surface area contributed by atoms with Crippen LogP contribution in [0.15, 0.2) is 18.2 Å². The molecule has 1 aliphatic heterocycles. The van der Waals surface area contributed by atoms with Crippen LogP contribution in [0.25, 0.3) is 0 Å². The summed E-state index contributed by atoms with van der Waals surface area (Å²) in [6.07, 6.45) is 0.878. The first-order valence-corrected chi connectivity index (χ1v) is 5.85. The Kier molecular flexibility index (Phi) is 3.64. The molecular weight excluding hydrogens is 218 g/mol. The lowest BCUT2D eigenvalue weighted by atomic mass is 10.1. The minimum absolute atomic E-state index is 0.0213. The number of ether oxygens (including phenoxy) is 1. The van der Waals surface area contributed by atoms with Crippen LogP contribution in [0.4, 0.5) is 0 Å². The SMILES string of the molecule is Cc1cc(O)ccc1C(=O)N1CCCOCC1. The summed E-state index contributed by atoms with van der Waals surface area (Å²) in [5.74, 6) is 0.214. The summed E-state index contributed by atoms with van der Waals surface area (Å²) < 4.78 is 5.33. The number of phenols is 1. The molecule has 1 amide bonds. The van der Waals surface area contributed by atoms with Crippen molar-refractivity contribution < 1.29 is 14.6 Å². The highest BCUT2D eigenvalue weighted by molar-refractivity contribution is 5.95. The van der Waals surface area contributed by atoms with Gasteiger partial charge in [0, 0.05) is 25.3 Å². The maximum atomic E-state index is 12.3. The van der Waals surface area contributed by atoms with Crippen molar-refractivity contribution >= 4 is 5.91 Å². The van der Waals surface area contributed by atoms with Gasteiger partial charge in [-0.25, -0.2) is 0 Å². The summed E-state index contributed by atoms with van der Waals surface area (Å²) in [5, 5.41) is 9.33. The van der Waals surface area contributed by atoms with E-state index >= 15 is 0 Å². The number of carbonyl (C=O) groups is 1. The molecule has 1 N–H and O–H groups in total. The number of rotatable bonds is 1. The van der Waals surface area contributed by atoms with E-state index in [1.54, 1.807) is 18.2 Å². The minimum Gasteiger partial charge on any atom is -0.508 e. The van der Waals surface area contributed by atoms with Gasteiger partial charge in [0.2, 0.25) is 0 Å². The lowest BCUT2D eigenvalue weighted by Gasteiger charge is -2.20. The second-order valence-electron chi connectivity index (χ2n) is 4.26. The van der Waals surface area contributed by atoms with E-state index < -0.39 is 0 Å². The number of phenolic OH excluding ortho intramolecular Hbond substituents is 1. The number of nitrogens with zero attached hydrogens (tertiary/aromatic N) is 1. The highest BCUT2D eigenvalue weighted by Gasteiger charge is 2.18. The van der Waals surface area contributed by atoms with Crippen molar-refractivity contribution in [1.29, 1.82) is 0 Å². The number of benzene rings is 1. The molecule has 0 atom stereocenters. The van der Waals surface area contributed by atoms with Crippen molar-refractivity contribution in [1.82, 2.24) is 4.90 Å². The lowest BCUT2D eigenvalue weighted by Crippen LogP contribution is -2.33. The van der Waals surface area contributed by atoms with Gasteiger partial charge in [0.05, 0.1) is 6.61 Å². The molecule has 0 unspecified atom stereocenters. The molecule has 1 fully saturated rings. The van der Waals surface area contributed by atoms with E-state index in [2.05, 4.69) is 0 Å². The summed E-state index contributed by atoms with van der Waals surface area (Å²) in [7, 11) is 0. The molecule has 92 valence electrons. The van der Waals surface area contributed by atoms with Crippen LogP contribution in [-0.4, -0.2) is 42.2 Å². The maximum Gasteiger partial charge on any atom is 0.254 e. The number of aromatic hydroxyl groups is 1. The monoisotopic (exact) mass is 235 g/mol. The second kappa shape index (κ2) is 5.19. The van der Waals surface area contributed by atoms with E-state index in [1.807, 2.05) is 11.8 Å². The molecule has 2 rings (SSSR count). The minimum atomic E-state index is 0.0213. The van der Waals surface area contributed by atoms with E-state index in [0.717, 1.165) is 25.1 Å². The van der Waals surface area contributed by atoms with Gasteiger partial charge in [-0.05, 0) is 37.1 Å². The van der Waals surface area contributed by atoms with E-state index in [0.29, 0.717) is 18.7 Å². The van der Waals surface area contributed by atoms with Crippen LogP contribution in [0.3, 0.4) is 0 Å². The van der Waals surface area contributed by atoms with Crippen molar-refractivity contribution in [2.75, 3.05) is 26.3 Å². The van der Waals surface area contributed by atoms with Gasteiger partial charge >= 0.3 is 0 Å². The van der Waals surface area contributed by atoms with Gasteiger partial charge in [-0.15, -0.1) is 0 Å². The van der Waals surface area contributed by atoms with Crippen molar-refractivity contribution in [2.24, 2.45) is 0 Å². The van der Waals surface area contributed by atoms with Crippen LogP contribution >= 0.6 is 0 Å². The smallest absolute Gasteiger partial charge is 0.254 e. The Balaban J connectivity index is 2.17. The first-order chi connectivity index (χ1) is 8.18. The Morgan fingerprint density at radius 1 is 1.35 bits per heavy atom. The third kappa shape index (κ3) is 2.77. The van der Waals surface area contributed by atoms with Gasteiger partial charge in [-0.3, -0.25) is 4.79 Å². The zero-order valence-corrected chi connectivity index (χ0v) is 9.98. The topological polar surface area (TPSA) is 49.8 Å². The first kappa shape index (κ1) is 11.9. The molecule has 4 nitrogen and oxygen atoms in total. The Hall–Kier alpha value is -1.55. The molecule has 4 heteroatoms. The van der Waals surface area contributed by atoms with Crippen LogP contribution < -0.4 is 0 Å². The Morgan fingerprint density at radius 2 is 2.18 bits per heavy atom. The zero-order chi connectivity index (χ0) is 12.3. The summed E-state index contributed by atoms with van der Waals surface area (Å²) in [4.78, 5) is 14.1. The fourth-order valence-electron chi connectivity index (χ4n) is 2.01. The van der Waals surface area contributed by atoms with Gasteiger partial charge in [0.25, 0.3) is 5.91 Å². The Morgan fingerprint density at radius 3 is 2.94 bits per heavy atom. The van der Waals surface area contributed by atoms with Gasteiger partial charge in [0.15, 0.2) is 0 Å². The van der Waals surface area contributed by atoms with Crippen LogP contribution in [0, 0.1) is 6.92 Å². The average Bonchev–Trinajstić information content (AvgIpc) is 2.56. The largest absolute Gasteiger partial charge is 0.508 e. The number of amides is 1. The Bertz CT molecular complexity index is 409. The molecule has 0 bridgehead atoms. The van der Waals surface area contributed by atoms with E-state index in [4.69, 9.17) is 4.74 Å². The van der Waals surface area contributed by atoms with Gasteiger partial charge in [-0.2, -0.15) is 0 Å². The molecule has 1 aromatic carbocycles. The van der Waals surface area contributed by atoms with Crippen molar-refractivity contribution in [2.45, 2.75) is 13.3 Å². The molecule has 0 aromatic heterocycles. The fraction of sp³-hybridized carbons (Fsp3) is 0.462. The van der Waals surface area contributed by atoms with E-state index in [9.17, 15) is 9.90 Å². The van der Waals surface area contributed by atoms with E-state index in [-0.39, 0.29) is 11.7 Å². The third-order valence-corrected chi connectivity index (χ3v) is 2.95. The second-order valence-corrected chi connectivity index (χ2v) is 4.26. The Labute approximate surface area is 101 Å². The predicted molar refractivity (Wildman–Crippen MR) is 64.2 cm³/mol. The molecule has 0 aliphatic carbocycles. The van der Waals surface area contributed by atoms with Crippen LogP contribution in [-0.2, 0) is 4.74 Å². The molecule has 1 aromatic rings. The molecule has 0 spiro atoms. The van der Waals surface area contributed by atoms with Crippen molar-refractivity contribution in [3.05, 3.63) is 29.3 Å². The van der Waals surface area contributed by atoms with Gasteiger partial charge < -0.3 is 14.7 Å². The zero-order valence-electron chi connectivity index (χ0n) is 9.98. The average molecular weight is 235 g/mol. The number of hydrogen-bond donors (Lipinski definition) is 1. The quantitative estimate of drug-likeness (QED) is 0.803. The fourth-order valence-corrected chi connectivity index (χ4v) is 2.01. The molecule has 0 saturated carbocycles. The first-order valence-electron chi connectivity index (χ1n) is 5.85. The third-order valence-electron chi connectivity index (χ3n) is 2.95. The summed E-state index contributed by atoms with van der Waals surface area (Å²) in [6.45, 7) is 4.53. The van der Waals surface area contributed by atoms with Crippen molar-refractivity contribution in [3.8, 4) is 5.75 Å². The molecule has 1 saturated heterocycles. The standard InChI is InChI=1S/C13H17NO3/c1-10-9-11(15)3-4-12(10)13(16)14-5-2-7-17-8-6-14/h3-4,9,15H,2,5-8H2,1H3. The summed E-state index contributed by atoms with van der Waals surface area (Å²) in [6, 6.07) is 4.84. The normalized spacial score (nSPS) is 16.6. The number of hydrogen-bond acceptors (Lipinski definition) is 3. The molecule has 1 heterocycles. The van der Waals surface area contributed by atoms with Crippen molar-refractivity contribution in [3.63, 3.8) is 0 Å². The van der Waals surface area contributed by atoms with Gasteiger partial charge in [0.1, 0.15) is 5.75 Å². The molecular formula is C13H17NO3. The predicted octanol–water partition coefficient (Wildman–Crippen LogP) is 1.56. The molecule has 17 heavy (non-hydrogen) atoms. The highest BCUT2D eigenvalue weighted by Crippen LogP contribution is 2.18. The van der Waals surface area contributed by atoms with Crippen LogP contribution in [0.2, 0.25) is 0 Å². The molecule has 1 aliphatic rings. The maximum absolute atomic E-state index is 12.3. The summed E-state index contributed by atoms with van der Waals surface area (Å²) in [5.41, 5.74) is 1.46. The number of carbonyl (C=O) groups excluding carboxylic acids is 1. The van der Waals surface area contributed by atoms with Crippen LogP contribution in [0.5, 0.6) is 5.75 Å². The molecule has 0 radical (unpaired) electrons. The van der Waals surface area contributed by atoms with Crippen LogP contribution in [0.1, 0.15) is 22.3 Å². The highest BCUT2D eigenvalue weighted by atomic mass is 16.5. The van der Waals surface area contributed by atoms with Gasteiger partial charge in [-0.1, -0.05) is 0 Å².